The van der Waals surface area contributed by atoms with E-state index in [-0.39, 0.29) is 5.12 Å². The quantitative estimate of drug-likeness (QED) is 0.727. The zero-order valence-corrected chi connectivity index (χ0v) is 8.32. The van der Waals surface area contributed by atoms with Crippen LogP contribution in [-0.4, -0.2) is 5.12 Å². The van der Waals surface area contributed by atoms with Crippen molar-refractivity contribution in [2.24, 2.45) is 0 Å². The van der Waals surface area contributed by atoms with Gasteiger partial charge >= 0.3 is 0 Å². The fraction of sp³-hybridized carbons (Fsp3) is 0.222. The van der Waals surface area contributed by atoms with Crippen LogP contribution < -0.4 is 0 Å². The predicted octanol–water partition coefficient (Wildman–Crippen LogP) is 2.97. The highest BCUT2D eigenvalue weighted by molar-refractivity contribution is 7.97. The predicted molar refractivity (Wildman–Crippen MR) is 54.1 cm³/mol. The molecule has 0 unspecified atom stereocenters. The van der Waals surface area contributed by atoms with E-state index in [9.17, 15) is 4.79 Å². The van der Waals surface area contributed by atoms with Gasteiger partial charge in [0.15, 0.2) is 0 Å². The Morgan fingerprint density at radius 2 is 2.25 bits per heavy atom. The molecule has 12 heavy (non-hydrogen) atoms. The summed E-state index contributed by atoms with van der Waals surface area (Å²) in [5, 5.41) is 0.409. The van der Waals surface area contributed by atoms with E-state index in [1.54, 1.807) is 18.2 Å². The van der Waals surface area contributed by atoms with Gasteiger partial charge in [0.25, 0.3) is 0 Å². The van der Waals surface area contributed by atoms with E-state index >= 15 is 0 Å². The fourth-order valence-electron chi connectivity index (χ4n) is 1.12. The molecule has 0 atom stereocenters. The molecule has 0 aliphatic heterocycles. The highest BCUT2D eigenvalue weighted by Gasteiger charge is 2.08. The van der Waals surface area contributed by atoms with Crippen LogP contribution in [0.5, 0.6) is 0 Å². The molecule has 0 N–H and O–H groups in total. The Balaban J connectivity index is 3.27. The summed E-state index contributed by atoms with van der Waals surface area (Å²) < 4.78 is 0. The number of thiol groups is 1. The monoisotopic (exact) mass is 200 g/mol. The minimum atomic E-state index is -0.227. The maximum atomic E-state index is 11.0. The minimum absolute atomic E-state index is 0.227. The van der Waals surface area contributed by atoms with E-state index in [1.165, 1.54) is 0 Å². The highest BCUT2D eigenvalue weighted by atomic mass is 35.5. The van der Waals surface area contributed by atoms with Crippen molar-refractivity contribution in [3.8, 4) is 0 Å². The lowest BCUT2D eigenvalue weighted by Gasteiger charge is -2.04. The zero-order valence-electron chi connectivity index (χ0n) is 6.67. The maximum Gasteiger partial charge on any atom is 0.216 e. The Morgan fingerprint density at radius 3 is 2.67 bits per heavy atom. The number of halogens is 1. The highest BCUT2D eigenvalue weighted by Crippen LogP contribution is 2.21. The third kappa shape index (κ3) is 1.82. The Kier molecular flexibility index (Phi) is 3.18. The van der Waals surface area contributed by atoms with Gasteiger partial charge in [0.05, 0.1) is 0 Å². The van der Waals surface area contributed by atoms with E-state index in [2.05, 4.69) is 12.6 Å². The van der Waals surface area contributed by atoms with Crippen LogP contribution in [0.2, 0.25) is 5.02 Å². The number of rotatable bonds is 2. The van der Waals surface area contributed by atoms with E-state index < -0.39 is 0 Å². The van der Waals surface area contributed by atoms with E-state index in [0.717, 1.165) is 12.0 Å². The summed E-state index contributed by atoms with van der Waals surface area (Å²) in [4.78, 5) is 11.0. The van der Waals surface area contributed by atoms with Gasteiger partial charge in [-0.3, -0.25) is 4.79 Å². The first-order valence-corrected chi connectivity index (χ1v) is 4.50. The topological polar surface area (TPSA) is 17.1 Å². The largest absolute Gasteiger partial charge is 0.282 e. The average molecular weight is 201 g/mol. The van der Waals surface area contributed by atoms with Gasteiger partial charge in [-0.2, -0.15) is 0 Å². The van der Waals surface area contributed by atoms with Crippen molar-refractivity contribution in [1.29, 1.82) is 0 Å². The molecule has 1 aromatic rings. The standard InChI is InChI=1S/C9H9ClOS/c1-2-6-7(9(11)12)4-3-5-8(6)10/h3-5H,2H2,1H3,(H,11,12). The van der Waals surface area contributed by atoms with Crippen molar-refractivity contribution in [3.63, 3.8) is 0 Å². The normalized spacial score (nSPS) is 9.92. The van der Waals surface area contributed by atoms with Crippen molar-refractivity contribution in [1.82, 2.24) is 0 Å². The number of carbonyl (C=O) groups excluding carboxylic acids is 1. The number of hydrogen-bond acceptors (Lipinski definition) is 1. The summed E-state index contributed by atoms with van der Waals surface area (Å²) in [7, 11) is 0. The second kappa shape index (κ2) is 3.97. The Morgan fingerprint density at radius 1 is 1.58 bits per heavy atom. The maximum absolute atomic E-state index is 11.0. The van der Waals surface area contributed by atoms with Gasteiger partial charge in [-0.05, 0) is 18.1 Å². The molecule has 0 spiro atoms. The SMILES string of the molecule is CCc1c(Cl)cccc1C(=O)S. The number of hydrogen-bond donors (Lipinski definition) is 1. The second-order valence-corrected chi connectivity index (χ2v) is 3.24. The molecule has 1 nitrogen and oxygen atoms in total. The summed E-state index contributed by atoms with van der Waals surface area (Å²) in [5.74, 6) is 0. The summed E-state index contributed by atoms with van der Waals surface area (Å²) in [6.45, 7) is 1.96. The number of benzene rings is 1. The Labute approximate surface area is 82.1 Å². The zero-order chi connectivity index (χ0) is 9.14. The van der Waals surface area contributed by atoms with Gasteiger partial charge in [0, 0.05) is 10.6 Å². The van der Waals surface area contributed by atoms with Crippen molar-refractivity contribution in [2.45, 2.75) is 13.3 Å². The molecular formula is C9H9ClOS. The van der Waals surface area contributed by atoms with Crippen molar-refractivity contribution in [2.75, 3.05) is 0 Å². The van der Waals surface area contributed by atoms with E-state index in [0.29, 0.717) is 10.6 Å². The lowest BCUT2D eigenvalue weighted by molar-refractivity contribution is 0.109. The molecule has 0 saturated carbocycles. The van der Waals surface area contributed by atoms with Gasteiger partial charge < -0.3 is 0 Å². The molecule has 64 valence electrons. The van der Waals surface area contributed by atoms with Crippen LogP contribution in [-0.2, 0) is 6.42 Å². The molecule has 0 radical (unpaired) electrons. The smallest absolute Gasteiger partial charge is 0.216 e. The molecule has 1 aromatic carbocycles. The van der Waals surface area contributed by atoms with Crippen LogP contribution in [0.15, 0.2) is 18.2 Å². The summed E-state index contributed by atoms with van der Waals surface area (Å²) in [6, 6.07) is 5.27. The second-order valence-electron chi connectivity index (χ2n) is 2.42. The Bertz CT molecular complexity index is 309. The van der Waals surface area contributed by atoms with Gasteiger partial charge in [-0.1, -0.05) is 30.7 Å². The van der Waals surface area contributed by atoms with Crippen molar-refractivity contribution in [3.05, 3.63) is 34.3 Å². The molecule has 0 amide bonds. The molecular weight excluding hydrogens is 192 g/mol. The lowest BCUT2D eigenvalue weighted by Crippen LogP contribution is -1.96. The Hall–Kier alpha value is -0.470. The van der Waals surface area contributed by atoms with E-state index in [4.69, 9.17) is 11.6 Å². The summed E-state index contributed by atoms with van der Waals surface area (Å²) >= 11 is 9.65. The molecule has 0 fully saturated rings. The molecule has 1 rings (SSSR count). The fourth-order valence-corrected chi connectivity index (χ4v) is 1.64. The molecule has 0 aliphatic rings. The third-order valence-electron chi connectivity index (χ3n) is 1.70. The third-order valence-corrected chi connectivity index (χ3v) is 2.30. The number of carbonyl (C=O) groups is 1. The first kappa shape index (κ1) is 9.62. The molecule has 0 heterocycles. The van der Waals surface area contributed by atoms with Crippen LogP contribution in [0.1, 0.15) is 22.8 Å². The van der Waals surface area contributed by atoms with Crippen LogP contribution in [0.4, 0.5) is 0 Å². The molecule has 0 aromatic heterocycles. The summed E-state index contributed by atoms with van der Waals surface area (Å²) in [5.41, 5.74) is 1.48. The first-order valence-electron chi connectivity index (χ1n) is 3.67. The van der Waals surface area contributed by atoms with Crippen LogP contribution in [0, 0.1) is 0 Å². The van der Waals surface area contributed by atoms with Crippen LogP contribution >= 0.6 is 24.2 Å². The minimum Gasteiger partial charge on any atom is -0.282 e. The van der Waals surface area contributed by atoms with Gasteiger partial charge in [-0.25, -0.2) is 0 Å². The first-order chi connectivity index (χ1) is 5.66. The van der Waals surface area contributed by atoms with Gasteiger partial charge in [0.2, 0.25) is 5.12 Å². The molecule has 0 aliphatic carbocycles. The van der Waals surface area contributed by atoms with Crippen LogP contribution in [0.3, 0.4) is 0 Å². The molecule has 3 heteroatoms. The van der Waals surface area contributed by atoms with Gasteiger partial charge in [-0.15, -0.1) is 12.6 Å². The average Bonchev–Trinajstić information content (AvgIpc) is 2.03. The lowest BCUT2D eigenvalue weighted by atomic mass is 10.1. The van der Waals surface area contributed by atoms with Crippen molar-refractivity contribution >= 4 is 29.3 Å². The van der Waals surface area contributed by atoms with Gasteiger partial charge in [0.1, 0.15) is 0 Å². The van der Waals surface area contributed by atoms with Crippen molar-refractivity contribution < 1.29 is 4.79 Å². The summed E-state index contributed by atoms with van der Waals surface area (Å²) in [6.07, 6.45) is 0.751. The molecule has 0 saturated heterocycles. The van der Waals surface area contributed by atoms with Crippen LogP contribution in [0.25, 0.3) is 0 Å². The molecule has 0 bridgehead atoms. The van der Waals surface area contributed by atoms with E-state index in [1.807, 2.05) is 6.92 Å².